The number of nitrogens with one attached hydrogen (secondary N) is 1. The van der Waals surface area contributed by atoms with Crippen molar-refractivity contribution in [1.82, 2.24) is 5.32 Å². The van der Waals surface area contributed by atoms with E-state index in [9.17, 15) is 9.90 Å². The molecule has 0 heterocycles. The van der Waals surface area contributed by atoms with Gasteiger partial charge in [0, 0.05) is 6.92 Å². The fourth-order valence-electron chi connectivity index (χ4n) is 1.62. The summed E-state index contributed by atoms with van der Waals surface area (Å²) < 4.78 is 0. The molecule has 3 N–H and O–H groups in total. The van der Waals surface area contributed by atoms with E-state index in [1.54, 1.807) is 6.08 Å². The minimum atomic E-state index is -0.849. The van der Waals surface area contributed by atoms with Crippen molar-refractivity contribution >= 4 is 5.91 Å². The van der Waals surface area contributed by atoms with Crippen molar-refractivity contribution in [2.75, 3.05) is 6.61 Å². The average Bonchev–Trinajstić information content (AvgIpc) is 2.38. The Bertz CT molecular complexity index is 287. The van der Waals surface area contributed by atoms with Crippen molar-refractivity contribution in [3.63, 3.8) is 0 Å². The van der Waals surface area contributed by atoms with E-state index in [2.05, 4.69) is 24.4 Å². The van der Waals surface area contributed by atoms with E-state index in [0.717, 1.165) is 19.3 Å². The van der Waals surface area contributed by atoms with Gasteiger partial charge in [0.2, 0.25) is 5.91 Å². The van der Waals surface area contributed by atoms with E-state index >= 15 is 0 Å². The van der Waals surface area contributed by atoms with Crippen molar-refractivity contribution in [1.29, 1.82) is 0 Å². The topological polar surface area (TPSA) is 69.6 Å². The Kier molecular flexibility index (Phi) is 11.2. The molecule has 0 fully saturated rings. The van der Waals surface area contributed by atoms with Crippen LogP contribution in [0.1, 0.15) is 46.0 Å². The van der Waals surface area contributed by atoms with Crippen LogP contribution >= 0.6 is 0 Å². The molecule has 0 aliphatic rings. The van der Waals surface area contributed by atoms with Crippen LogP contribution in [0.3, 0.4) is 0 Å². The van der Waals surface area contributed by atoms with Crippen LogP contribution in [-0.2, 0) is 4.79 Å². The first kappa shape index (κ1) is 17.9. The minimum Gasteiger partial charge on any atom is -0.394 e. The molecule has 0 aromatic rings. The maximum Gasteiger partial charge on any atom is 0.217 e. The lowest BCUT2D eigenvalue weighted by Gasteiger charge is -2.18. The summed E-state index contributed by atoms with van der Waals surface area (Å²) in [4.78, 5) is 10.9. The van der Waals surface area contributed by atoms with E-state index in [0.29, 0.717) is 0 Å². The van der Waals surface area contributed by atoms with Gasteiger partial charge in [0.25, 0.3) is 0 Å². The molecule has 0 aliphatic heterocycles. The summed E-state index contributed by atoms with van der Waals surface area (Å²) in [6, 6.07) is -0.631. The molecule has 0 bridgehead atoms. The van der Waals surface area contributed by atoms with Crippen LogP contribution in [0.4, 0.5) is 0 Å². The molecule has 0 rings (SSSR count). The highest BCUT2D eigenvalue weighted by atomic mass is 16.3. The van der Waals surface area contributed by atoms with Crippen molar-refractivity contribution in [3.05, 3.63) is 24.3 Å². The molecular weight excluding hydrogens is 242 g/mol. The second-order valence-corrected chi connectivity index (χ2v) is 4.60. The Morgan fingerprint density at radius 1 is 1.21 bits per heavy atom. The smallest absolute Gasteiger partial charge is 0.217 e. The van der Waals surface area contributed by atoms with Crippen molar-refractivity contribution in [2.24, 2.45) is 0 Å². The molecule has 1 amide bonds. The summed E-state index contributed by atoms with van der Waals surface area (Å²) in [7, 11) is 0. The SMILES string of the molecule is CCCC/C=C/CC/C=C/C(O)C(CO)NC(C)=O. The molecule has 0 aromatic carbocycles. The highest BCUT2D eigenvalue weighted by Gasteiger charge is 2.15. The first-order chi connectivity index (χ1) is 9.11. The molecule has 0 aliphatic carbocycles. The molecule has 2 atom stereocenters. The fourth-order valence-corrected chi connectivity index (χ4v) is 1.62. The molecule has 2 unspecified atom stereocenters. The van der Waals surface area contributed by atoms with Crippen LogP contribution in [0.25, 0.3) is 0 Å². The number of carbonyl (C=O) groups is 1. The third kappa shape index (κ3) is 10.5. The third-order valence-corrected chi connectivity index (χ3v) is 2.72. The van der Waals surface area contributed by atoms with Crippen molar-refractivity contribution in [3.8, 4) is 0 Å². The second kappa shape index (κ2) is 11.9. The number of hydrogen-bond acceptors (Lipinski definition) is 3. The molecule has 4 heteroatoms. The highest BCUT2D eigenvalue weighted by Crippen LogP contribution is 2.01. The predicted octanol–water partition coefficient (Wildman–Crippen LogP) is 1.93. The number of rotatable bonds is 10. The van der Waals surface area contributed by atoms with Crippen LogP contribution in [0, 0.1) is 0 Å². The summed E-state index contributed by atoms with van der Waals surface area (Å²) in [5.74, 6) is -0.259. The van der Waals surface area contributed by atoms with Gasteiger partial charge in [-0.2, -0.15) is 0 Å². The maximum absolute atomic E-state index is 10.9. The molecule has 0 spiro atoms. The van der Waals surface area contributed by atoms with E-state index in [4.69, 9.17) is 5.11 Å². The van der Waals surface area contributed by atoms with Gasteiger partial charge in [0.1, 0.15) is 0 Å². The van der Waals surface area contributed by atoms with Gasteiger partial charge in [-0.25, -0.2) is 0 Å². The van der Waals surface area contributed by atoms with Gasteiger partial charge >= 0.3 is 0 Å². The van der Waals surface area contributed by atoms with Crippen LogP contribution in [0.5, 0.6) is 0 Å². The number of amides is 1. The zero-order valence-electron chi connectivity index (χ0n) is 12.0. The largest absolute Gasteiger partial charge is 0.394 e. The average molecular weight is 269 g/mol. The fraction of sp³-hybridized carbons (Fsp3) is 0.667. The molecule has 4 nitrogen and oxygen atoms in total. The number of aliphatic hydroxyl groups is 2. The third-order valence-electron chi connectivity index (χ3n) is 2.72. The quantitative estimate of drug-likeness (QED) is 0.419. The lowest BCUT2D eigenvalue weighted by atomic mass is 10.1. The Balaban J connectivity index is 3.84. The number of aliphatic hydroxyl groups excluding tert-OH is 2. The van der Waals surface area contributed by atoms with E-state index < -0.39 is 12.1 Å². The minimum absolute atomic E-state index is 0.259. The Hall–Kier alpha value is -1.13. The van der Waals surface area contributed by atoms with Gasteiger partial charge in [-0.1, -0.05) is 44.1 Å². The summed E-state index contributed by atoms with van der Waals surface area (Å²) >= 11 is 0. The molecule has 0 radical (unpaired) electrons. The molecule has 0 saturated carbocycles. The summed E-state index contributed by atoms with van der Waals surface area (Å²) in [5, 5.41) is 21.3. The number of hydrogen-bond donors (Lipinski definition) is 3. The Labute approximate surface area is 116 Å². The number of carbonyl (C=O) groups excluding carboxylic acids is 1. The zero-order valence-corrected chi connectivity index (χ0v) is 12.0. The summed E-state index contributed by atoms with van der Waals surface area (Å²) in [6.07, 6.45) is 12.3. The molecule has 0 saturated heterocycles. The van der Waals surface area contributed by atoms with Gasteiger partial charge < -0.3 is 15.5 Å². The standard InChI is InChI=1S/C15H27NO3/c1-3-4-5-6-7-8-9-10-11-15(19)14(12-17)16-13(2)18/h6-7,10-11,14-15,17,19H,3-5,8-9,12H2,1-2H3,(H,16,18)/b7-6+,11-10+. The monoisotopic (exact) mass is 269 g/mol. The molecular formula is C15H27NO3. The maximum atomic E-state index is 10.9. The summed E-state index contributed by atoms with van der Waals surface area (Å²) in [5.41, 5.74) is 0. The Morgan fingerprint density at radius 2 is 1.84 bits per heavy atom. The first-order valence-corrected chi connectivity index (χ1v) is 6.99. The predicted molar refractivity (Wildman–Crippen MR) is 77.7 cm³/mol. The number of allylic oxidation sites excluding steroid dienone is 3. The highest BCUT2D eigenvalue weighted by molar-refractivity contribution is 5.73. The molecule has 0 aromatic heterocycles. The molecule has 19 heavy (non-hydrogen) atoms. The van der Waals surface area contributed by atoms with Gasteiger partial charge in [0.05, 0.1) is 18.8 Å². The van der Waals surface area contributed by atoms with Crippen LogP contribution in [0.2, 0.25) is 0 Å². The summed E-state index contributed by atoms with van der Waals surface area (Å²) in [6.45, 7) is 3.26. The van der Waals surface area contributed by atoms with E-state index in [1.807, 2.05) is 6.08 Å². The number of unbranched alkanes of at least 4 members (excludes halogenated alkanes) is 3. The van der Waals surface area contributed by atoms with Crippen LogP contribution in [0.15, 0.2) is 24.3 Å². The van der Waals surface area contributed by atoms with Gasteiger partial charge in [-0.15, -0.1) is 0 Å². The Morgan fingerprint density at radius 3 is 2.42 bits per heavy atom. The lowest BCUT2D eigenvalue weighted by molar-refractivity contribution is -0.120. The van der Waals surface area contributed by atoms with Crippen LogP contribution < -0.4 is 5.32 Å². The second-order valence-electron chi connectivity index (χ2n) is 4.60. The van der Waals surface area contributed by atoms with E-state index in [-0.39, 0.29) is 12.5 Å². The van der Waals surface area contributed by atoms with Gasteiger partial charge in [-0.05, 0) is 19.3 Å². The van der Waals surface area contributed by atoms with E-state index in [1.165, 1.54) is 19.8 Å². The van der Waals surface area contributed by atoms with Gasteiger partial charge in [0.15, 0.2) is 0 Å². The normalized spacial score (nSPS) is 14.9. The lowest BCUT2D eigenvalue weighted by Crippen LogP contribution is -2.44. The van der Waals surface area contributed by atoms with Crippen molar-refractivity contribution in [2.45, 2.75) is 58.1 Å². The van der Waals surface area contributed by atoms with Crippen LogP contribution in [-0.4, -0.2) is 34.9 Å². The van der Waals surface area contributed by atoms with Gasteiger partial charge in [-0.3, -0.25) is 4.79 Å². The zero-order chi connectivity index (χ0) is 14.5. The van der Waals surface area contributed by atoms with Crippen molar-refractivity contribution < 1.29 is 15.0 Å². The molecule has 110 valence electrons. The first-order valence-electron chi connectivity index (χ1n) is 6.99.